The molecule has 1 aromatic heterocycles. The number of hydrogen-bond acceptors (Lipinski definition) is 4. The van der Waals surface area contributed by atoms with Crippen molar-refractivity contribution in [3.8, 4) is 0 Å². The zero-order valence-electron chi connectivity index (χ0n) is 16.1. The van der Waals surface area contributed by atoms with E-state index in [1.165, 1.54) is 25.7 Å². The second kappa shape index (κ2) is 9.39. The third kappa shape index (κ3) is 4.49. The number of ether oxygens (including phenoxy) is 1. The van der Waals surface area contributed by atoms with Crippen LogP contribution in [-0.4, -0.2) is 59.5 Å². The number of carbonyl (C=O) groups excluding carboxylic acids is 1. The lowest BCUT2D eigenvalue weighted by Gasteiger charge is -2.42. The molecule has 6 nitrogen and oxygen atoms in total. The molecule has 0 radical (unpaired) electrons. The summed E-state index contributed by atoms with van der Waals surface area (Å²) in [6.45, 7) is 4.27. The Morgan fingerprint density at radius 2 is 1.85 bits per heavy atom. The molecule has 3 fully saturated rings. The van der Waals surface area contributed by atoms with E-state index < -0.39 is 5.54 Å². The van der Waals surface area contributed by atoms with Gasteiger partial charge in [-0.15, -0.1) is 12.4 Å². The van der Waals surface area contributed by atoms with Gasteiger partial charge in [0, 0.05) is 32.1 Å². The minimum absolute atomic E-state index is 0. The molecule has 4 rings (SSSR count). The first-order valence-corrected chi connectivity index (χ1v) is 10.4. The molecule has 2 aliphatic heterocycles. The van der Waals surface area contributed by atoms with Gasteiger partial charge >= 0.3 is 0 Å². The summed E-state index contributed by atoms with van der Waals surface area (Å²) in [6, 6.07) is 1.92. The minimum Gasteiger partial charge on any atom is -0.378 e. The van der Waals surface area contributed by atoms with E-state index in [2.05, 4.69) is 15.3 Å². The number of rotatable bonds is 5. The summed E-state index contributed by atoms with van der Waals surface area (Å²) in [6.07, 6.45) is 13.0. The number of amides is 1. The van der Waals surface area contributed by atoms with Crippen LogP contribution in [0.2, 0.25) is 0 Å². The molecule has 3 heterocycles. The number of halogens is 1. The van der Waals surface area contributed by atoms with Gasteiger partial charge in [0.1, 0.15) is 5.54 Å². The molecule has 152 valence electrons. The van der Waals surface area contributed by atoms with Crippen LogP contribution in [0.4, 0.5) is 0 Å². The Hall–Kier alpha value is -1.11. The molecule has 0 atom stereocenters. The number of likely N-dealkylation sites (tertiary alicyclic amines) is 1. The lowest BCUT2D eigenvalue weighted by Crippen LogP contribution is -2.57. The molecule has 0 spiro atoms. The Morgan fingerprint density at radius 3 is 2.48 bits per heavy atom. The summed E-state index contributed by atoms with van der Waals surface area (Å²) in [5.41, 5.74) is -0.508. The number of nitrogens with one attached hydrogen (secondary N) is 1. The first kappa shape index (κ1) is 20.6. The molecule has 0 unspecified atom stereocenters. The number of carbonyl (C=O) groups is 1. The molecule has 1 aliphatic carbocycles. The van der Waals surface area contributed by atoms with Gasteiger partial charge in [0.15, 0.2) is 0 Å². The van der Waals surface area contributed by atoms with E-state index in [0.717, 1.165) is 64.4 Å². The fourth-order valence-electron chi connectivity index (χ4n) is 4.87. The van der Waals surface area contributed by atoms with Crippen LogP contribution in [0.15, 0.2) is 18.5 Å². The first-order chi connectivity index (χ1) is 12.8. The van der Waals surface area contributed by atoms with Gasteiger partial charge in [-0.3, -0.25) is 9.48 Å². The standard InChI is InChI=1S/C20H32N4O2.ClH/c25-19(20(8-11-21-12-9-20)24-13-3-10-22-24)23-14-6-18(7-15-23)26-16-17-4-1-2-5-17;/h3,10,13,17-18,21H,1-2,4-9,11-12,14-16H2;1H. The van der Waals surface area contributed by atoms with E-state index >= 15 is 0 Å². The molecule has 3 aliphatic rings. The second-order valence-electron chi connectivity index (χ2n) is 8.21. The van der Waals surface area contributed by atoms with Gasteiger partial charge in [-0.1, -0.05) is 12.8 Å². The smallest absolute Gasteiger partial charge is 0.250 e. The van der Waals surface area contributed by atoms with Crippen molar-refractivity contribution >= 4 is 18.3 Å². The minimum atomic E-state index is -0.508. The molecular weight excluding hydrogens is 364 g/mol. The summed E-state index contributed by atoms with van der Waals surface area (Å²) >= 11 is 0. The van der Waals surface area contributed by atoms with Crippen LogP contribution in [0.1, 0.15) is 51.4 Å². The molecule has 1 amide bonds. The van der Waals surface area contributed by atoms with Gasteiger partial charge in [0.05, 0.1) is 6.10 Å². The average Bonchev–Trinajstić information content (AvgIpc) is 3.41. The summed E-state index contributed by atoms with van der Waals surface area (Å²) in [5, 5.41) is 7.81. The fourth-order valence-corrected chi connectivity index (χ4v) is 4.87. The Morgan fingerprint density at radius 1 is 1.15 bits per heavy atom. The molecule has 27 heavy (non-hydrogen) atoms. The third-order valence-corrected chi connectivity index (χ3v) is 6.54. The van der Waals surface area contributed by atoms with Crippen LogP contribution in [0.25, 0.3) is 0 Å². The molecule has 1 saturated carbocycles. The van der Waals surface area contributed by atoms with E-state index in [1.54, 1.807) is 6.20 Å². The van der Waals surface area contributed by atoms with Gasteiger partial charge < -0.3 is 15.0 Å². The lowest BCUT2D eigenvalue weighted by atomic mass is 9.86. The zero-order valence-corrected chi connectivity index (χ0v) is 17.0. The maximum absolute atomic E-state index is 13.4. The largest absolute Gasteiger partial charge is 0.378 e. The highest BCUT2D eigenvalue weighted by Crippen LogP contribution is 2.31. The zero-order chi connectivity index (χ0) is 17.8. The maximum Gasteiger partial charge on any atom is 0.250 e. The van der Waals surface area contributed by atoms with Crippen molar-refractivity contribution in [2.45, 2.75) is 63.0 Å². The summed E-state index contributed by atoms with van der Waals surface area (Å²) < 4.78 is 8.07. The van der Waals surface area contributed by atoms with Crippen LogP contribution in [0.3, 0.4) is 0 Å². The van der Waals surface area contributed by atoms with Crippen LogP contribution in [0, 0.1) is 5.92 Å². The molecule has 1 N–H and O–H groups in total. The van der Waals surface area contributed by atoms with Crippen LogP contribution >= 0.6 is 12.4 Å². The maximum atomic E-state index is 13.4. The van der Waals surface area contributed by atoms with E-state index in [0.29, 0.717) is 6.10 Å². The Kier molecular flexibility index (Phi) is 7.17. The highest BCUT2D eigenvalue weighted by Gasteiger charge is 2.45. The second-order valence-corrected chi connectivity index (χ2v) is 8.21. The van der Waals surface area contributed by atoms with Crippen molar-refractivity contribution in [1.29, 1.82) is 0 Å². The van der Waals surface area contributed by atoms with E-state index in [4.69, 9.17) is 4.74 Å². The normalized spacial score (nSPS) is 23.9. The lowest BCUT2D eigenvalue weighted by molar-refractivity contribution is -0.146. The van der Waals surface area contributed by atoms with E-state index in [1.807, 2.05) is 16.9 Å². The quantitative estimate of drug-likeness (QED) is 0.831. The van der Waals surface area contributed by atoms with Gasteiger partial charge in [0.2, 0.25) is 0 Å². The average molecular weight is 397 g/mol. The summed E-state index contributed by atoms with van der Waals surface area (Å²) in [5.74, 6) is 1.02. The summed E-state index contributed by atoms with van der Waals surface area (Å²) in [4.78, 5) is 15.5. The number of nitrogens with zero attached hydrogens (tertiary/aromatic N) is 3. The van der Waals surface area contributed by atoms with Gasteiger partial charge in [0.25, 0.3) is 5.91 Å². The molecule has 0 aromatic carbocycles. The van der Waals surface area contributed by atoms with Crippen LogP contribution < -0.4 is 5.32 Å². The Balaban J connectivity index is 0.00000210. The van der Waals surface area contributed by atoms with Gasteiger partial charge in [-0.2, -0.15) is 5.10 Å². The summed E-state index contributed by atoms with van der Waals surface area (Å²) in [7, 11) is 0. The fraction of sp³-hybridized carbons (Fsp3) is 0.800. The predicted molar refractivity (Wildman–Crippen MR) is 107 cm³/mol. The molecule has 1 aromatic rings. The SMILES string of the molecule is Cl.O=C(N1CCC(OCC2CCCC2)CC1)C1(n2cccn2)CCNCC1. The highest BCUT2D eigenvalue weighted by molar-refractivity contribution is 5.85. The molecular formula is C20H33ClN4O2. The van der Waals surface area contributed by atoms with Crippen molar-refractivity contribution < 1.29 is 9.53 Å². The van der Waals surface area contributed by atoms with Crippen molar-refractivity contribution in [2.24, 2.45) is 5.92 Å². The van der Waals surface area contributed by atoms with Crippen LogP contribution in [-0.2, 0) is 15.1 Å². The van der Waals surface area contributed by atoms with Gasteiger partial charge in [-0.25, -0.2) is 0 Å². The number of aromatic nitrogens is 2. The molecule has 7 heteroatoms. The topological polar surface area (TPSA) is 59.4 Å². The van der Waals surface area contributed by atoms with E-state index in [-0.39, 0.29) is 18.3 Å². The Labute approximate surface area is 168 Å². The number of piperidine rings is 2. The third-order valence-electron chi connectivity index (χ3n) is 6.54. The van der Waals surface area contributed by atoms with Crippen molar-refractivity contribution in [3.05, 3.63) is 18.5 Å². The first-order valence-electron chi connectivity index (χ1n) is 10.4. The van der Waals surface area contributed by atoms with Crippen molar-refractivity contribution in [1.82, 2.24) is 20.0 Å². The van der Waals surface area contributed by atoms with Gasteiger partial charge in [-0.05, 0) is 63.6 Å². The monoisotopic (exact) mass is 396 g/mol. The van der Waals surface area contributed by atoms with Crippen molar-refractivity contribution in [2.75, 3.05) is 32.8 Å². The van der Waals surface area contributed by atoms with Crippen LogP contribution in [0.5, 0.6) is 0 Å². The number of hydrogen-bond donors (Lipinski definition) is 1. The molecule has 2 saturated heterocycles. The van der Waals surface area contributed by atoms with E-state index in [9.17, 15) is 4.79 Å². The van der Waals surface area contributed by atoms with Crippen molar-refractivity contribution in [3.63, 3.8) is 0 Å². The molecule has 0 bridgehead atoms. The Bertz CT molecular complexity index is 575. The predicted octanol–water partition coefficient (Wildman–Crippen LogP) is 2.58. The highest BCUT2D eigenvalue weighted by atomic mass is 35.5.